The summed E-state index contributed by atoms with van der Waals surface area (Å²) in [5, 5.41) is 0.628. The van der Waals surface area contributed by atoms with Crippen molar-refractivity contribution in [3.05, 3.63) is 53.1 Å². The van der Waals surface area contributed by atoms with Crippen LogP contribution in [0.3, 0.4) is 0 Å². The van der Waals surface area contributed by atoms with Crippen molar-refractivity contribution in [1.29, 1.82) is 0 Å². The highest BCUT2D eigenvalue weighted by Gasteiger charge is 2.33. The third-order valence-electron chi connectivity index (χ3n) is 5.90. The van der Waals surface area contributed by atoms with Gasteiger partial charge in [0.25, 0.3) is 0 Å². The summed E-state index contributed by atoms with van der Waals surface area (Å²) >= 11 is 6.21. The summed E-state index contributed by atoms with van der Waals surface area (Å²) in [7, 11) is -1.92. The number of fused-ring (bicyclic) bond motifs is 1. The summed E-state index contributed by atoms with van der Waals surface area (Å²) in [6, 6.07) is 12.2. The molecule has 7 nitrogen and oxygen atoms in total. The second kappa shape index (κ2) is 9.68. The lowest BCUT2D eigenvalue weighted by Gasteiger charge is -2.32. The fourth-order valence-electron chi connectivity index (χ4n) is 4.07. The van der Waals surface area contributed by atoms with Crippen molar-refractivity contribution in [3.8, 4) is 11.5 Å². The minimum Gasteiger partial charge on any atom is -0.490 e. The van der Waals surface area contributed by atoms with Crippen LogP contribution in [-0.2, 0) is 21.4 Å². The standard InChI is InChI=1S/C23H27ClN2O5S/c1-25(16-18-5-2-3-6-20(18)24)23(27)17-9-11-26(12-10-17)32(28,29)19-7-8-21-22(15-19)31-14-4-13-30-21/h2-3,5-8,15,17H,4,9-14,16H2,1H3. The molecule has 0 saturated carbocycles. The highest BCUT2D eigenvalue weighted by Crippen LogP contribution is 2.34. The summed E-state index contributed by atoms with van der Waals surface area (Å²) in [5.41, 5.74) is 0.888. The molecule has 172 valence electrons. The van der Waals surface area contributed by atoms with Crippen LogP contribution in [-0.4, -0.2) is 56.9 Å². The maximum absolute atomic E-state index is 13.2. The van der Waals surface area contributed by atoms with E-state index in [1.165, 1.54) is 10.4 Å². The number of ether oxygens (including phenoxy) is 2. The van der Waals surface area contributed by atoms with Crippen molar-refractivity contribution in [1.82, 2.24) is 9.21 Å². The van der Waals surface area contributed by atoms with Crippen LogP contribution in [0.1, 0.15) is 24.8 Å². The van der Waals surface area contributed by atoms with E-state index in [0.717, 1.165) is 12.0 Å². The normalized spacial score (nSPS) is 17.6. The smallest absolute Gasteiger partial charge is 0.243 e. The number of hydrogen-bond acceptors (Lipinski definition) is 5. The Morgan fingerprint density at radius 2 is 1.78 bits per heavy atom. The molecule has 2 heterocycles. The highest BCUT2D eigenvalue weighted by molar-refractivity contribution is 7.89. The molecule has 9 heteroatoms. The zero-order valence-electron chi connectivity index (χ0n) is 18.0. The molecule has 4 rings (SSSR count). The van der Waals surface area contributed by atoms with E-state index in [0.29, 0.717) is 62.2 Å². The van der Waals surface area contributed by atoms with Gasteiger partial charge in [-0.2, -0.15) is 4.31 Å². The lowest BCUT2D eigenvalue weighted by Crippen LogP contribution is -2.43. The third-order valence-corrected chi connectivity index (χ3v) is 8.16. The first-order chi connectivity index (χ1) is 15.4. The Hall–Kier alpha value is -2.29. The first-order valence-corrected chi connectivity index (χ1v) is 12.6. The second-order valence-electron chi connectivity index (χ2n) is 8.12. The number of hydrogen-bond donors (Lipinski definition) is 0. The molecular weight excluding hydrogens is 452 g/mol. The fourth-order valence-corrected chi connectivity index (χ4v) is 5.75. The number of carbonyl (C=O) groups excluding carboxylic acids is 1. The van der Waals surface area contributed by atoms with Gasteiger partial charge in [-0.05, 0) is 36.6 Å². The van der Waals surface area contributed by atoms with Gasteiger partial charge in [0, 0.05) is 50.1 Å². The van der Waals surface area contributed by atoms with Gasteiger partial charge in [-0.25, -0.2) is 8.42 Å². The molecule has 0 radical (unpaired) electrons. The maximum atomic E-state index is 13.2. The Labute approximate surface area is 193 Å². The van der Waals surface area contributed by atoms with Crippen molar-refractivity contribution >= 4 is 27.5 Å². The fraction of sp³-hybridized carbons (Fsp3) is 0.435. The van der Waals surface area contributed by atoms with Gasteiger partial charge in [0.2, 0.25) is 15.9 Å². The van der Waals surface area contributed by atoms with Crippen LogP contribution in [0.4, 0.5) is 0 Å². The number of piperidine rings is 1. The lowest BCUT2D eigenvalue weighted by molar-refractivity contribution is -0.135. The third kappa shape index (κ3) is 4.87. The first-order valence-electron chi connectivity index (χ1n) is 10.7. The van der Waals surface area contributed by atoms with Gasteiger partial charge in [-0.1, -0.05) is 29.8 Å². The molecule has 1 amide bonds. The molecule has 0 N–H and O–H groups in total. The summed E-state index contributed by atoms with van der Waals surface area (Å²) < 4.78 is 39.0. The first kappa shape index (κ1) is 22.9. The van der Waals surface area contributed by atoms with E-state index in [1.807, 2.05) is 18.2 Å². The Morgan fingerprint density at radius 1 is 1.09 bits per heavy atom. The molecule has 0 bridgehead atoms. The highest BCUT2D eigenvalue weighted by atomic mass is 35.5. The SMILES string of the molecule is CN(Cc1ccccc1Cl)C(=O)C1CCN(S(=O)(=O)c2ccc3c(c2)OCCCO3)CC1. The van der Waals surface area contributed by atoms with Gasteiger partial charge in [-0.3, -0.25) is 4.79 Å². The van der Waals surface area contributed by atoms with Gasteiger partial charge < -0.3 is 14.4 Å². The molecule has 2 aromatic carbocycles. The zero-order chi connectivity index (χ0) is 22.7. The van der Waals surface area contributed by atoms with Crippen LogP contribution in [0.25, 0.3) is 0 Å². The second-order valence-corrected chi connectivity index (χ2v) is 10.5. The molecule has 2 aliphatic rings. The van der Waals surface area contributed by atoms with Crippen molar-refractivity contribution in [2.75, 3.05) is 33.4 Å². The zero-order valence-corrected chi connectivity index (χ0v) is 19.6. The van der Waals surface area contributed by atoms with Crippen LogP contribution < -0.4 is 9.47 Å². The predicted octanol–water partition coefficient (Wildman–Crippen LogP) is 3.56. The van der Waals surface area contributed by atoms with E-state index < -0.39 is 10.0 Å². The molecule has 1 saturated heterocycles. The Balaban J connectivity index is 1.39. The molecule has 32 heavy (non-hydrogen) atoms. The number of carbonyl (C=O) groups is 1. The number of nitrogens with zero attached hydrogens (tertiary/aromatic N) is 2. The number of halogens is 1. The number of rotatable bonds is 5. The van der Waals surface area contributed by atoms with Crippen LogP contribution in [0.2, 0.25) is 5.02 Å². The molecule has 1 fully saturated rings. The maximum Gasteiger partial charge on any atom is 0.243 e. The Morgan fingerprint density at radius 3 is 2.50 bits per heavy atom. The topological polar surface area (TPSA) is 76.2 Å². The largest absolute Gasteiger partial charge is 0.490 e. The van der Waals surface area contributed by atoms with Gasteiger partial charge in [0.1, 0.15) is 0 Å². The lowest BCUT2D eigenvalue weighted by atomic mass is 9.96. The van der Waals surface area contributed by atoms with Crippen LogP contribution >= 0.6 is 11.6 Å². The molecule has 2 aliphatic heterocycles. The minimum absolute atomic E-state index is 0.0116. The van der Waals surface area contributed by atoms with Gasteiger partial charge in [0.15, 0.2) is 11.5 Å². The van der Waals surface area contributed by atoms with Crippen molar-refractivity contribution in [2.45, 2.75) is 30.7 Å². The molecule has 0 unspecified atom stereocenters. The number of sulfonamides is 1. The van der Waals surface area contributed by atoms with E-state index in [1.54, 1.807) is 30.1 Å². The van der Waals surface area contributed by atoms with E-state index in [9.17, 15) is 13.2 Å². The van der Waals surface area contributed by atoms with E-state index in [2.05, 4.69) is 0 Å². The van der Waals surface area contributed by atoms with Gasteiger partial charge in [-0.15, -0.1) is 0 Å². The summed E-state index contributed by atoms with van der Waals surface area (Å²) in [5.74, 6) is 0.817. The predicted molar refractivity (Wildman–Crippen MR) is 121 cm³/mol. The van der Waals surface area contributed by atoms with Gasteiger partial charge >= 0.3 is 0 Å². The average Bonchev–Trinajstić information content (AvgIpc) is 3.05. The molecule has 2 aromatic rings. The summed E-state index contributed by atoms with van der Waals surface area (Å²) in [6.07, 6.45) is 1.72. The average molecular weight is 479 g/mol. The van der Waals surface area contributed by atoms with Crippen LogP contribution in [0, 0.1) is 5.92 Å². The summed E-state index contributed by atoms with van der Waals surface area (Å²) in [6.45, 7) is 2.06. The van der Waals surface area contributed by atoms with E-state index >= 15 is 0 Å². The molecule has 0 spiro atoms. The van der Waals surface area contributed by atoms with E-state index in [4.69, 9.17) is 21.1 Å². The quantitative estimate of drug-likeness (QED) is 0.656. The van der Waals surface area contributed by atoms with Gasteiger partial charge in [0.05, 0.1) is 18.1 Å². The number of benzene rings is 2. The van der Waals surface area contributed by atoms with Crippen molar-refractivity contribution in [2.24, 2.45) is 5.92 Å². The van der Waals surface area contributed by atoms with Crippen molar-refractivity contribution in [3.63, 3.8) is 0 Å². The van der Waals surface area contributed by atoms with Crippen LogP contribution in [0.5, 0.6) is 11.5 Å². The molecular formula is C23H27ClN2O5S. The molecule has 0 atom stereocenters. The van der Waals surface area contributed by atoms with E-state index in [-0.39, 0.29) is 16.7 Å². The Kier molecular flexibility index (Phi) is 6.93. The summed E-state index contributed by atoms with van der Waals surface area (Å²) in [4.78, 5) is 14.8. The molecule has 0 aliphatic carbocycles. The van der Waals surface area contributed by atoms with Crippen LogP contribution in [0.15, 0.2) is 47.4 Å². The molecule has 0 aromatic heterocycles. The monoisotopic (exact) mass is 478 g/mol. The number of amides is 1. The van der Waals surface area contributed by atoms with Crippen molar-refractivity contribution < 1.29 is 22.7 Å². The Bertz CT molecular complexity index is 1080. The minimum atomic E-state index is -3.68.